The third-order valence-electron chi connectivity index (χ3n) is 5.32. The molecule has 0 aliphatic carbocycles. The van der Waals surface area contributed by atoms with E-state index in [9.17, 15) is 13.2 Å². The van der Waals surface area contributed by atoms with Crippen molar-refractivity contribution in [2.45, 2.75) is 25.6 Å². The van der Waals surface area contributed by atoms with Gasteiger partial charge in [0.05, 0.1) is 19.3 Å². The lowest BCUT2D eigenvalue weighted by atomic mass is 10.2. The van der Waals surface area contributed by atoms with Crippen molar-refractivity contribution in [1.29, 1.82) is 0 Å². The number of alkyl halides is 3. The Morgan fingerprint density at radius 1 is 1.17 bits per heavy atom. The number of halogens is 3. The zero-order chi connectivity index (χ0) is 20.9. The lowest BCUT2D eigenvalue weighted by molar-refractivity contribution is -0.143. The van der Waals surface area contributed by atoms with Gasteiger partial charge in [0, 0.05) is 51.9 Å². The molecule has 0 bridgehead atoms. The average molecular weight is 413 g/mol. The summed E-state index contributed by atoms with van der Waals surface area (Å²) in [5.74, 6) is 1.66. The molecular formula is C20H30F3N5O. The topological polar surface area (TPSA) is 43.3 Å². The summed E-state index contributed by atoms with van der Waals surface area (Å²) in [7, 11) is 1.68. The number of guanidine groups is 1. The first-order valence-electron chi connectivity index (χ1n) is 10.1. The van der Waals surface area contributed by atoms with Crippen LogP contribution in [-0.2, 0) is 0 Å². The van der Waals surface area contributed by atoms with E-state index >= 15 is 0 Å². The van der Waals surface area contributed by atoms with Crippen LogP contribution >= 0.6 is 0 Å². The number of piperazine rings is 1. The Morgan fingerprint density at radius 2 is 1.90 bits per heavy atom. The number of methoxy groups -OCH3 is 1. The molecule has 6 nitrogen and oxygen atoms in total. The van der Waals surface area contributed by atoms with E-state index < -0.39 is 12.7 Å². The van der Waals surface area contributed by atoms with Gasteiger partial charge in [-0.05, 0) is 25.5 Å². The van der Waals surface area contributed by atoms with Gasteiger partial charge in [-0.25, -0.2) is 0 Å². The summed E-state index contributed by atoms with van der Waals surface area (Å²) in [5, 5.41) is 3.40. The van der Waals surface area contributed by atoms with Gasteiger partial charge in [0.2, 0.25) is 0 Å². The van der Waals surface area contributed by atoms with Crippen molar-refractivity contribution in [1.82, 2.24) is 15.1 Å². The minimum Gasteiger partial charge on any atom is -0.495 e. The monoisotopic (exact) mass is 413 g/mol. The summed E-state index contributed by atoms with van der Waals surface area (Å²) in [6, 6.07) is 7.97. The fraction of sp³-hybridized carbons (Fsp3) is 0.650. The molecule has 0 spiro atoms. The molecule has 0 radical (unpaired) electrons. The van der Waals surface area contributed by atoms with E-state index in [-0.39, 0.29) is 6.04 Å². The summed E-state index contributed by atoms with van der Waals surface area (Å²) >= 11 is 0. The summed E-state index contributed by atoms with van der Waals surface area (Å²) < 4.78 is 43.4. The van der Waals surface area contributed by atoms with Crippen LogP contribution in [0, 0.1) is 0 Å². The van der Waals surface area contributed by atoms with Crippen LogP contribution in [0.15, 0.2) is 29.3 Å². The van der Waals surface area contributed by atoms with Crippen molar-refractivity contribution in [3.63, 3.8) is 0 Å². The standard InChI is InChI=1S/C20H30F3N5O/c1-3-24-19(25-16-8-9-26(14-16)15-20(21,22)23)28-12-10-27(11-13-28)17-6-4-5-7-18(17)29-2/h4-7,16H,3,8-15H2,1-2H3,(H,24,25). The largest absolute Gasteiger partial charge is 0.495 e. The molecule has 1 N–H and O–H groups in total. The van der Waals surface area contributed by atoms with Crippen LogP contribution in [0.2, 0.25) is 0 Å². The number of para-hydroxylation sites is 2. The first-order chi connectivity index (χ1) is 13.9. The summed E-state index contributed by atoms with van der Waals surface area (Å²) in [6.45, 7) is 5.85. The Bertz CT molecular complexity index is 689. The maximum atomic E-state index is 12.6. The first-order valence-corrected chi connectivity index (χ1v) is 10.1. The fourth-order valence-electron chi connectivity index (χ4n) is 3.97. The molecule has 2 aliphatic heterocycles. The highest BCUT2D eigenvalue weighted by Gasteiger charge is 2.35. The Morgan fingerprint density at radius 3 is 2.55 bits per heavy atom. The highest BCUT2D eigenvalue weighted by Crippen LogP contribution is 2.28. The summed E-state index contributed by atoms with van der Waals surface area (Å²) in [6.07, 6.45) is -3.45. The number of rotatable bonds is 5. The second-order valence-corrected chi connectivity index (χ2v) is 7.42. The summed E-state index contributed by atoms with van der Waals surface area (Å²) in [4.78, 5) is 10.5. The maximum Gasteiger partial charge on any atom is 0.401 e. The van der Waals surface area contributed by atoms with E-state index in [1.807, 2.05) is 25.1 Å². The number of nitrogens with one attached hydrogen (secondary N) is 1. The zero-order valence-electron chi connectivity index (χ0n) is 17.1. The number of hydrogen-bond donors (Lipinski definition) is 1. The van der Waals surface area contributed by atoms with Crippen molar-refractivity contribution in [2.24, 2.45) is 4.99 Å². The van der Waals surface area contributed by atoms with Crippen molar-refractivity contribution >= 4 is 11.6 Å². The highest BCUT2D eigenvalue weighted by molar-refractivity contribution is 5.80. The Hall–Kier alpha value is -2.16. The van der Waals surface area contributed by atoms with Crippen LogP contribution in [0.5, 0.6) is 5.75 Å². The van der Waals surface area contributed by atoms with Crippen LogP contribution in [0.1, 0.15) is 13.3 Å². The van der Waals surface area contributed by atoms with Crippen molar-refractivity contribution < 1.29 is 17.9 Å². The highest BCUT2D eigenvalue weighted by atomic mass is 19.4. The van der Waals surface area contributed by atoms with E-state index in [1.54, 1.807) is 7.11 Å². The van der Waals surface area contributed by atoms with E-state index in [0.717, 1.165) is 43.6 Å². The SMILES string of the molecule is CCN=C(NC1CCN(CC(F)(F)F)C1)N1CCN(c2ccccc2OC)CC1. The number of ether oxygens (including phenoxy) is 1. The van der Waals surface area contributed by atoms with Gasteiger partial charge in [0.15, 0.2) is 5.96 Å². The number of benzene rings is 1. The molecule has 1 aromatic rings. The molecule has 0 amide bonds. The molecule has 0 saturated carbocycles. The quantitative estimate of drug-likeness (QED) is 0.593. The van der Waals surface area contributed by atoms with Crippen LogP contribution in [0.25, 0.3) is 0 Å². The van der Waals surface area contributed by atoms with Gasteiger partial charge in [0.1, 0.15) is 5.75 Å². The molecular weight excluding hydrogens is 383 g/mol. The molecule has 29 heavy (non-hydrogen) atoms. The molecule has 1 aromatic carbocycles. The van der Waals surface area contributed by atoms with E-state index in [4.69, 9.17) is 4.74 Å². The number of hydrogen-bond acceptors (Lipinski definition) is 4. The molecule has 1 atom stereocenters. The molecule has 162 valence electrons. The molecule has 2 heterocycles. The van der Waals surface area contributed by atoms with Crippen molar-refractivity contribution in [2.75, 3.05) is 64.4 Å². The Labute approximate surface area is 170 Å². The Kier molecular flexibility index (Phi) is 7.10. The van der Waals surface area contributed by atoms with Crippen LogP contribution in [0.4, 0.5) is 18.9 Å². The number of aliphatic imine (C=N–C) groups is 1. The molecule has 9 heteroatoms. The first kappa shape index (κ1) is 21.5. The molecule has 3 rings (SSSR count). The third kappa shape index (κ3) is 5.91. The second-order valence-electron chi connectivity index (χ2n) is 7.42. The van der Waals surface area contributed by atoms with Gasteiger partial charge in [0.25, 0.3) is 0 Å². The van der Waals surface area contributed by atoms with Gasteiger partial charge >= 0.3 is 6.18 Å². The molecule has 1 unspecified atom stereocenters. The minimum absolute atomic E-state index is 0.00473. The number of anilines is 1. The number of likely N-dealkylation sites (tertiary alicyclic amines) is 1. The zero-order valence-corrected chi connectivity index (χ0v) is 17.1. The molecule has 2 fully saturated rings. The Balaban J connectivity index is 1.56. The van der Waals surface area contributed by atoms with E-state index in [0.29, 0.717) is 26.1 Å². The predicted octanol–water partition coefficient (Wildman–Crippen LogP) is 2.42. The van der Waals surface area contributed by atoms with E-state index in [1.165, 1.54) is 4.90 Å². The van der Waals surface area contributed by atoms with Gasteiger partial charge in [-0.3, -0.25) is 9.89 Å². The number of nitrogens with zero attached hydrogens (tertiary/aromatic N) is 4. The van der Waals surface area contributed by atoms with Gasteiger partial charge < -0.3 is 19.9 Å². The lowest BCUT2D eigenvalue weighted by Crippen LogP contribution is -2.54. The van der Waals surface area contributed by atoms with Gasteiger partial charge in [-0.15, -0.1) is 0 Å². The van der Waals surface area contributed by atoms with Gasteiger partial charge in [-0.1, -0.05) is 12.1 Å². The van der Waals surface area contributed by atoms with Crippen molar-refractivity contribution in [3.8, 4) is 5.75 Å². The summed E-state index contributed by atoms with van der Waals surface area (Å²) in [5.41, 5.74) is 1.08. The van der Waals surface area contributed by atoms with Gasteiger partial charge in [-0.2, -0.15) is 13.2 Å². The minimum atomic E-state index is -4.15. The lowest BCUT2D eigenvalue weighted by Gasteiger charge is -2.38. The van der Waals surface area contributed by atoms with E-state index in [2.05, 4.69) is 26.2 Å². The average Bonchev–Trinajstić information content (AvgIpc) is 3.13. The second kappa shape index (κ2) is 9.56. The maximum absolute atomic E-state index is 12.6. The normalized spacial score (nSPS) is 21.6. The fourth-order valence-corrected chi connectivity index (χ4v) is 3.97. The molecule has 2 aliphatic rings. The molecule has 0 aromatic heterocycles. The van der Waals surface area contributed by atoms with Crippen molar-refractivity contribution in [3.05, 3.63) is 24.3 Å². The third-order valence-corrected chi connectivity index (χ3v) is 5.32. The predicted molar refractivity (Wildman–Crippen MR) is 109 cm³/mol. The smallest absolute Gasteiger partial charge is 0.401 e. The van der Waals surface area contributed by atoms with Crippen LogP contribution in [-0.4, -0.2) is 87.4 Å². The molecule has 2 saturated heterocycles. The van der Waals surface area contributed by atoms with Crippen LogP contribution in [0.3, 0.4) is 0 Å². The van der Waals surface area contributed by atoms with Crippen LogP contribution < -0.4 is 15.0 Å².